The van der Waals surface area contributed by atoms with Crippen LogP contribution >= 0.6 is 0 Å². The maximum atomic E-state index is 11.2. The lowest BCUT2D eigenvalue weighted by Gasteiger charge is -2.38. The molecule has 88 valence electrons. The van der Waals surface area contributed by atoms with Crippen LogP contribution in [-0.2, 0) is 9.84 Å². The lowest BCUT2D eigenvalue weighted by molar-refractivity contribution is -0.0448. The predicted molar refractivity (Wildman–Crippen MR) is 59.4 cm³/mol. The van der Waals surface area contributed by atoms with Crippen LogP contribution in [-0.4, -0.2) is 30.6 Å². The fraction of sp³-hybridized carbons (Fsp3) is 1.00. The van der Waals surface area contributed by atoms with Gasteiger partial charge in [-0.1, -0.05) is 0 Å². The molecule has 0 spiro atoms. The van der Waals surface area contributed by atoms with Gasteiger partial charge in [-0.15, -0.1) is 0 Å². The van der Waals surface area contributed by atoms with Gasteiger partial charge in [0.15, 0.2) is 0 Å². The molecule has 0 radical (unpaired) electrons. The first-order valence-corrected chi connectivity index (χ1v) is 7.74. The van der Waals surface area contributed by atoms with Crippen LogP contribution in [0.25, 0.3) is 0 Å². The van der Waals surface area contributed by atoms with E-state index < -0.39 is 15.4 Å². The Labute approximate surface area is 91.8 Å². The summed E-state index contributed by atoms with van der Waals surface area (Å²) >= 11 is 0. The number of hydrogen-bond donors (Lipinski definition) is 1. The zero-order valence-electron chi connectivity index (χ0n) is 9.11. The van der Waals surface area contributed by atoms with Crippen LogP contribution < -0.4 is 0 Å². The molecule has 2 rings (SSSR count). The van der Waals surface area contributed by atoms with Crippen molar-refractivity contribution in [1.82, 2.24) is 0 Å². The highest BCUT2D eigenvalue weighted by atomic mass is 32.2. The summed E-state index contributed by atoms with van der Waals surface area (Å²) in [6.07, 6.45) is 6.52. The molecule has 0 aromatic heterocycles. The van der Waals surface area contributed by atoms with Crippen molar-refractivity contribution in [2.75, 3.05) is 11.5 Å². The van der Waals surface area contributed by atoms with E-state index in [1.807, 2.05) is 0 Å². The van der Waals surface area contributed by atoms with E-state index in [1.54, 1.807) is 0 Å². The number of sulfone groups is 1. The Balaban J connectivity index is 1.73. The molecule has 1 saturated heterocycles. The van der Waals surface area contributed by atoms with E-state index in [-0.39, 0.29) is 0 Å². The fourth-order valence-electron chi connectivity index (χ4n) is 2.54. The molecule has 2 aliphatic rings. The van der Waals surface area contributed by atoms with Gasteiger partial charge in [0.1, 0.15) is 9.84 Å². The second-order valence-electron chi connectivity index (χ2n) is 5.21. The largest absolute Gasteiger partial charge is 0.390 e. The van der Waals surface area contributed by atoms with Crippen molar-refractivity contribution < 1.29 is 13.5 Å². The van der Waals surface area contributed by atoms with E-state index in [1.165, 1.54) is 0 Å². The zero-order chi connectivity index (χ0) is 10.9. The van der Waals surface area contributed by atoms with Crippen molar-refractivity contribution in [2.24, 2.45) is 5.92 Å². The van der Waals surface area contributed by atoms with Gasteiger partial charge in [0, 0.05) is 0 Å². The first-order chi connectivity index (χ1) is 6.99. The maximum Gasteiger partial charge on any atom is 0.150 e. The first kappa shape index (κ1) is 11.4. The second kappa shape index (κ2) is 4.06. The molecular weight excluding hydrogens is 212 g/mol. The average Bonchev–Trinajstić information content (AvgIpc) is 2.13. The number of rotatable bonds is 3. The normalized spacial score (nSPS) is 29.7. The minimum Gasteiger partial charge on any atom is -0.390 e. The molecule has 2 fully saturated rings. The molecule has 1 saturated carbocycles. The first-order valence-electron chi connectivity index (χ1n) is 5.92. The second-order valence-corrected chi connectivity index (χ2v) is 7.52. The summed E-state index contributed by atoms with van der Waals surface area (Å²) in [4.78, 5) is 0. The number of hydrogen-bond acceptors (Lipinski definition) is 3. The SMILES string of the molecule is O=S1(=O)CCC(CCC2(O)CCC2)CC1. The molecule has 1 N–H and O–H groups in total. The molecular formula is C11H20O3S. The summed E-state index contributed by atoms with van der Waals surface area (Å²) in [5.74, 6) is 1.24. The van der Waals surface area contributed by atoms with Gasteiger partial charge in [-0.05, 0) is 50.9 Å². The molecule has 1 aliphatic carbocycles. The summed E-state index contributed by atoms with van der Waals surface area (Å²) in [5, 5.41) is 9.93. The summed E-state index contributed by atoms with van der Waals surface area (Å²) < 4.78 is 22.4. The van der Waals surface area contributed by atoms with Gasteiger partial charge in [0.2, 0.25) is 0 Å². The van der Waals surface area contributed by atoms with Crippen LogP contribution in [0.3, 0.4) is 0 Å². The Morgan fingerprint density at radius 2 is 1.80 bits per heavy atom. The smallest absolute Gasteiger partial charge is 0.150 e. The van der Waals surface area contributed by atoms with E-state index in [4.69, 9.17) is 0 Å². The van der Waals surface area contributed by atoms with Crippen LogP contribution in [0.5, 0.6) is 0 Å². The average molecular weight is 232 g/mol. The van der Waals surface area contributed by atoms with Crippen LogP contribution in [0.1, 0.15) is 44.9 Å². The van der Waals surface area contributed by atoms with Gasteiger partial charge in [-0.2, -0.15) is 0 Å². The standard InChI is InChI=1S/C11H20O3S/c12-11(5-1-6-11)7-2-10-3-8-15(13,14)9-4-10/h10,12H,1-9H2. The van der Waals surface area contributed by atoms with Crippen molar-refractivity contribution in [1.29, 1.82) is 0 Å². The van der Waals surface area contributed by atoms with Crippen molar-refractivity contribution in [3.8, 4) is 0 Å². The molecule has 0 amide bonds. The van der Waals surface area contributed by atoms with Gasteiger partial charge in [-0.3, -0.25) is 0 Å². The Hall–Kier alpha value is -0.0900. The summed E-state index contributed by atoms with van der Waals surface area (Å²) in [5.41, 5.74) is -0.393. The van der Waals surface area contributed by atoms with Crippen molar-refractivity contribution in [3.05, 3.63) is 0 Å². The van der Waals surface area contributed by atoms with E-state index in [0.717, 1.165) is 44.9 Å². The highest BCUT2D eigenvalue weighted by molar-refractivity contribution is 7.91. The summed E-state index contributed by atoms with van der Waals surface area (Å²) in [6, 6.07) is 0. The van der Waals surface area contributed by atoms with Crippen LogP contribution in [0.2, 0.25) is 0 Å². The van der Waals surface area contributed by atoms with Gasteiger partial charge in [0.05, 0.1) is 17.1 Å². The van der Waals surface area contributed by atoms with Gasteiger partial charge < -0.3 is 5.11 Å². The predicted octanol–water partition coefficient (Wildman–Crippen LogP) is 1.51. The van der Waals surface area contributed by atoms with E-state index in [0.29, 0.717) is 17.4 Å². The molecule has 4 heteroatoms. The van der Waals surface area contributed by atoms with Crippen LogP contribution in [0.4, 0.5) is 0 Å². The van der Waals surface area contributed by atoms with Crippen molar-refractivity contribution >= 4 is 9.84 Å². The Bertz CT molecular complexity index is 303. The Morgan fingerprint density at radius 3 is 2.27 bits per heavy atom. The third-order valence-corrected chi connectivity index (χ3v) is 5.69. The van der Waals surface area contributed by atoms with Crippen LogP contribution in [0.15, 0.2) is 0 Å². The monoisotopic (exact) mass is 232 g/mol. The third-order valence-electron chi connectivity index (χ3n) is 3.98. The lowest BCUT2D eigenvalue weighted by atomic mass is 9.75. The maximum absolute atomic E-state index is 11.2. The van der Waals surface area contributed by atoms with E-state index in [2.05, 4.69) is 0 Å². The molecule has 0 aromatic rings. The molecule has 0 unspecified atom stereocenters. The highest BCUT2D eigenvalue weighted by Crippen LogP contribution is 2.37. The Morgan fingerprint density at radius 1 is 1.20 bits per heavy atom. The lowest BCUT2D eigenvalue weighted by Crippen LogP contribution is -2.37. The Kier molecular flexibility index (Phi) is 3.08. The number of aliphatic hydroxyl groups is 1. The third kappa shape index (κ3) is 2.94. The fourth-order valence-corrected chi connectivity index (χ4v) is 4.12. The molecule has 0 aromatic carbocycles. The minimum absolute atomic E-state index is 0.357. The molecule has 0 atom stereocenters. The van der Waals surface area contributed by atoms with E-state index in [9.17, 15) is 13.5 Å². The molecule has 15 heavy (non-hydrogen) atoms. The van der Waals surface area contributed by atoms with Crippen LogP contribution in [0, 0.1) is 5.92 Å². The summed E-state index contributed by atoms with van der Waals surface area (Å²) in [6.45, 7) is 0. The van der Waals surface area contributed by atoms with Crippen molar-refractivity contribution in [2.45, 2.75) is 50.5 Å². The zero-order valence-corrected chi connectivity index (χ0v) is 9.93. The van der Waals surface area contributed by atoms with Crippen molar-refractivity contribution in [3.63, 3.8) is 0 Å². The summed E-state index contributed by atoms with van der Waals surface area (Å²) in [7, 11) is -2.72. The van der Waals surface area contributed by atoms with Gasteiger partial charge in [-0.25, -0.2) is 8.42 Å². The van der Waals surface area contributed by atoms with Gasteiger partial charge >= 0.3 is 0 Å². The molecule has 1 heterocycles. The van der Waals surface area contributed by atoms with E-state index >= 15 is 0 Å². The quantitative estimate of drug-likeness (QED) is 0.802. The van der Waals surface area contributed by atoms with Gasteiger partial charge in [0.25, 0.3) is 0 Å². The molecule has 1 aliphatic heterocycles. The minimum atomic E-state index is -2.72. The highest BCUT2D eigenvalue weighted by Gasteiger charge is 2.35. The molecule has 0 bridgehead atoms. The topological polar surface area (TPSA) is 54.4 Å². The molecule has 3 nitrogen and oxygen atoms in total.